The van der Waals surface area contributed by atoms with Gasteiger partial charge in [0.2, 0.25) is 0 Å². The quantitative estimate of drug-likeness (QED) is 0.270. The molecule has 0 aromatic heterocycles. The molecule has 7 aliphatic rings. The molecule has 13 unspecified atom stereocenters. The molecule has 3 aliphatic heterocycles. The smallest absolute Gasteiger partial charge is 0.170 e. The van der Waals surface area contributed by atoms with Crippen LogP contribution < -0.4 is 5.73 Å². The molecule has 4 aliphatic carbocycles. The highest BCUT2D eigenvalue weighted by Crippen LogP contribution is 2.83. The summed E-state index contributed by atoms with van der Waals surface area (Å²) in [6.45, 7) is 21.6. The second-order valence-electron chi connectivity index (χ2n) is 19.4. The van der Waals surface area contributed by atoms with Gasteiger partial charge in [-0.05, 0) is 125 Å². The molecule has 3 saturated heterocycles. The maximum absolute atomic E-state index is 12.4. The van der Waals surface area contributed by atoms with Crippen LogP contribution >= 0.6 is 0 Å². The maximum Gasteiger partial charge on any atom is 0.170 e. The van der Waals surface area contributed by atoms with Crippen LogP contribution in [0.3, 0.4) is 0 Å². The van der Waals surface area contributed by atoms with Crippen LogP contribution in [-0.4, -0.2) is 121 Å². The summed E-state index contributed by atoms with van der Waals surface area (Å²) in [7, 11) is 2.21. The second-order valence-corrected chi connectivity index (χ2v) is 19.4. The van der Waals surface area contributed by atoms with Gasteiger partial charge in [0, 0.05) is 39.3 Å². The minimum Gasteiger partial charge on any atom is -0.388 e. The molecule has 0 aromatic carbocycles. The van der Waals surface area contributed by atoms with Gasteiger partial charge < -0.3 is 39.8 Å². The van der Waals surface area contributed by atoms with Gasteiger partial charge in [-0.1, -0.05) is 34.1 Å². The van der Waals surface area contributed by atoms with Gasteiger partial charge in [-0.15, -0.1) is 0 Å². The van der Waals surface area contributed by atoms with Crippen LogP contribution in [0, 0.1) is 45.8 Å². The summed E-state index contributed by atoms with van der Waals surface area (Å²) in [6.07, 6.45) is 8.31. The fourth-order valence-electron chi connectivity index (χ4n) is 13.3. The Morgan fingerprint density at radius 1 is 1.12 bits per heavy atom. The summed E-state index contributed by atoms with van der Waals surface area (Å²) in [4.78, 5) is 4.96. The number of rotatable bonds is 12. The van der Waals surface area contributed by atoms with Gasteiger partial charge in [0.15, 0.2) is 6.29 Å². The number of likely N-dealkylation sites (tertiary alicyclic amines) is 1. The third-order valence-electron chi connectivity index (χ3n) is 15.6. The zero-order chi connectivity index (χ0) is 35.1. The average molecular weight is 690 g/mol. The summed E-state index contributed by atoms with van der Waals surface area (Å²) in [5.74, 6) is 2.00. The van der Waals surface area contributed by atoms with Crippen molar-refractivity contribution in [2.75, 3.05) is 53.0 Å². The van der Waals surface area contributed by atoms with Gasteiger partial charge in [0.25, 0.3) is 0 Å². The zero-order valence-corrected chi connectivity index (χ0v) is 32.2. The van der Waals surface area contributed by atoms with Crippen molar-refractivity contribution < 1.29 is 29.2 Å². The van der Waals surface area contributed by atoms with Crippen molar-refractivity contribution in [2.24, 2.45) is 51.6 Å². The Morgan fingerprint density at radius 3 is 2.55 bits per heavy atom. The Hall–Kier alpha value is -0.360. The summed E-state index contributed by atoms with van der Waals surface area (Å²) in [5.41, 5.74) is 6.36. The number of morpholine rings is 1. The Labute approximate surface area is 297 Å². The molecule has 0 aromatic rings. The van der Waals surface area contributed by atoms with Crippen molar-refractivity contribution in [2.45, 2.75) is 154 Å². The van der Waals surface area contributed by atoms with Gasteiger partial charge in [0.1, 0.15) is 6.10 Å². The molecule has 0 bridgehead atoms. The highest BCUT2D eigenvalue weighted by molar-refractivity contribution is 5.33. The predicted molar refractivity (Wildman–Crippen MR) is 191 cm³/mol. The van der Waals surface area contributed by atoms with Gasteiger partial charge in [-0.2, -0.15) is 0 Å². The Morgan fingerprint density at radius 2 is 1.88 bits per heavy atom. The lowest BCUT2D eigenvalue weighted by atomic mass is 9.47. The second kappa shape index (κ2) is 13.2. The van der Waals surface area contributed by atoms with Crippen LogP contribution in [-0.2, 0) is 18.9 Å². The first kappa shape index (κ1) is 37.0. The molecule has 7 fully saturated rings. The van der Waals surface area contributed by atoms with Crippen molar-refractivity contribution in [3.8, 4) is 0 Å². The van der Waals surface area contributed by atoms with Crippen molar-refractivity contribution >= 4 is 0 Å². The fourth-order valence-corrected chi connectivity index (χ4v) is 13.3. The van der Waals surface area contributed by atoms with E-state index in [4.69, 9.17) is 24.7 Å². The first-order chi connectivity index (χ1) is 23.1. The molecule has 49 heavy (non-hydrogen) atoms. The number of ether oxygens (including phenoxy) is 4. The first-order valence-corrected chi connectivity index (χ1v) is 20.2. The molecule has 13 atom stereocenters. The normalized spacial score (nSPS) is 47.1. The molecular formula is C40H71N3O6. The average Bonchev–Trinajstić information content (AvgIpc) is 3.66. The van der Waals surface area contributed by atoms with Crippen LogP contribution in [0.15, 0.2) is 0 Å². The zero-order valence-electron chi connectivity index (χ0n) is 32.2. The van der Waals surface area contributed by atoms with Crippen LogP contribution in [0.4, 0.5) is 0 Å². The van der Waals surface area contributed by atoms with Crippen LogP contribution in [0.25, 0.3) is 0 Å². The van der Waals surface area contributed by atoms with Crippen molar-refractivity contribution in [1.29, 1.82) is 0 Å². The molecule has 7 rings (SSSR count). The van der Waals surface area contributed by atoms with Gasteiger partial charge in [-0.3, -0.25) is 4.90 Å². The van der Waals surface area contributed by atoms with Crippen molar-refractivity contribution in [1.82, 2.24) is 9.80 Å². The van der Waals surface area contributed by atoms with Crippen molar-refractivity contribution in [3.63, 3.8) is 0 Å². The third kappa shape index (κ3) is 6.00. The Balaban J connectivity index is 1.04. The maximum atomic E-state index is 12.4. The fraction of sp³-hybridized carbons (Fsp3) is 1.00. The number of nitrogens with zero attached hydrogens (tertiary/aromatic N) is 2. The topological polar surface area (TPSA) is 110 Å². The summed E-state index contributed by atoms with van der Waals surface area (Å²) < 4.78 is 26.0. The van der Waals surface area contributed by atoms with E-state index in [1.807, 2.05) is 20.8 Å². The summed E-state index contributed by atoms with van der Waals surface area (Å²) in [5, 5.41) is 23.5. The number of fused-ring (bicyclic) bond motifs is 4. The number of nitrogens with two attached hydrogens (primary N) is 1. The van der Waals surface area contributed by atoms with E-state index in [2.05, 4.69) is 44.5 Å². The monoisotopic (exact) mass is 690 g/mol. The molecule has 1 spiro atoms. The summed E-state index contributed by atoms with van der Waals surface area (Å²) >= 11 is 0. The Bertz CT molecular complexity index is 1180. The van der Waals surface area contributed by atoms with Crippen LogP contribution in [0.5, 0.6) is 0 Å². The molecule has 4 saturated carbocycles. The van der Waals surface area contributed by atoms with Crippen LogP contribution in [0.1, 0.15) is 106 Å². The molecule has 9 nitrogen and oxygen atoms in total. The molecular weight excluding hydrogens is 618 g/mol. The molecule has 0 radical (unpaired) electrons. The highest BCUT2D eigenvalue weighted by atomic mass is 16.7. The van der Waals surface area contributed by atoms with Crippen molar-refractivity contribution in [3.05, 3.63) is 0 Å². The van der Waals surface area contributed by atoms with Gasteiger partial charge >= 0.3 is 0 Å². The SMILES string of the molecule is CCOC(C1CC(C)C2C(O1)C(O)C1(N)C3CCCC4(CCC(OC5CN(CC6CN(C)C6)CCO5)C(C)C)CC34CCC21C)C(C)(C)O. The Kier molecular flexibility index (Phi) is 9.95. The third-order valence-corrected chi connectivity index (χ3v) is 15.6. The molecule has 9 heteroatoms. The van der Waals surface area contributed by atoms with Gasteiger partial charge in [0.05, 0.1) is 42.2 Å². The lowest BCUT2D eigenvalue weighted by Crippen LogP contribution is -2.69. The van der Waals surface area contributed by atoms with Gasteiger partial charge in [-0.25, -0.2) is 0 Å². The van der Waals surface area contributed by atoms with E-state index in [1.165, 1.54) is 45.2 Å². The molecule has 0 amide bonds. The standard InChI is InChI=1S/C40H71N3O6/c1-9-46-35(36(5,6)45)29-19-26(4)32-33(49-29)34(44)40(41)30-11-10-13-38(24-39(30,38)16-15-37(32,40)7)14-12-28(25(2)3)48-31-23-43(17-18-47-31)22-27-20-42(8)21-27/h25-35,44-45H,9-24,41H2,1-8H3. The van der Waals surface area contributed by atoms with E-state index >= 15 is 0 Å². The first-order valence-electron chi connectivity index (χ1n) is 20.2. The predicted octanol–water partition coefficient (Wildman–Crippen LogP) is 4.66. The minimum absolute atomic E-state index is 0.145. The van der Waals surface area contributed by atoms with E-state index in [0.717, 1.165) is 57.8 Å². The lowest BCUT2D eigenvalue weighted by molar-refractivity contribution is -0.214. The highest BCUT2D eigenvalue weighted by Gasteiger charge is 2.82. The number of hydrogen-bond donors (Lipinski definition) is 3. The number of hydrogen-bond acceptors (Lipinski definition) is 9. The summed E-state index contributed by atoms with van der Waals surface area (Å²) in [6, 6.07) is 0. The minimum atomic E-state index is -1.04. The largest absolute Gasteiger partial charge is 0.388 e. The van der Waals surface area contributed by atoms with E-state index in [0.29, 0.717) is 29.8 Å². The lowest BCUT2D eigenvalue weighted by Gasteiger charge is -2.60. The number of aliphatic hydroxyl groups excluding tert-OH is 1. The van der Waals surface area contributed by atoms with Crippen LogP contribution in [0.2, 0.25) is 0 Å². The van der Waals surface area contributed by atoms with E-state index in [9.17, 15) is 10.2 Å². The van der Waals surface area contributed by atoms with E-state index < -0.39 is 23.3 Å². The number of aliphatic hydroxyl groups is 2. The molecule has 3 heterocycles. The molecule has 282 valence electrons. The van der Waals surface area contributed by atoms with E-state index in [-0.39, 0.29) is 41.3 Å². The van der Waals surface area contributed by atoms with E-state index in [1.54, 1.807) is 0 Å². The molecule has 4 N–H and O–H groups in total.